The van der Waals surface area contributed by atoms with E-state index in [1.54, 1.807) is 0 Å². The van der Waals surface area contributed by atoms with E-state index in [1.807, 2.05) is 11.8 Å². The van der Waals surface area contributed by atoms with Crippen molar-refractivity contribution in [1.29, 1.82) is 0 Å². The Morgan fingerprint density at radius 1 is 1.14 bits per heavy atom. The van der Waals surface area contributed by atoms with E-state index in [0.717, 1.165) is 23.5 Å². The minimum absolute atomic E-state index is 0.0958. The molecule has 3 fully saturated rings. The maximum Gasteiger partial charge on any atom is 0.315 e. The summed E-state index contributed by atoms with van der Waals surface area (Å²) in [5.41, 5.74) is 0. The van der Waals surface area contributed by atoms with Gasteiger partial charge in [0.05, 0.1) is 12.1 Å². The van der Waals surface area contributed by atoms with Crippen molar-refractivity contribution in [3.8, 4) is 0 Å². The molecule has 3 saturated heterocycles. The number of unbranched alkanes of at least 4 members (excludes halogenated alkanes) is 1. The van der Waals surface area contributed by atoms with E-state index >= 15 is 0 Å². The molecule has 0 aromatic carbocycles. The molecule has 0 saturated carbocycles. The number of carbonyl (C=O) groups excluding carboxylic acids is 4. The maximum atomic E-state index is 11.9. The molecule has 22 heavy (non-hydrogen) atoms. The fourth-order valence-electron chi connectivity index (χ4n) is 3.23. The van der Waals surface area contributed by atoms with Crippen LogP contribution in [0.15, 0.2) is 0 Å². The van der Waals surface area contributed by atoms with Gasteiger partial charge in [-0.25, -0.2) is 9.69 Å². The van der Waals surface area contributed by atoms with Gasteiger partial charge < -0.3 is 10.6 Å². The van der Waals surface area contributed by atoms with Gasteiger partial charge in [0.25, 0.3) is 0 Å². The number of hydrogen-bond acceptors (Lipinski definition) is 5. The van der Waals surface area contributed by atoms with Crippen molar-refractivity contribution in [2.45, 2.75) is 55.9 Å². The molecule has 3 heterocycles. The van der Waals surface area contributed by atoms with E-state index in [-0.39, 0.29) is 55.1 Å². The molecule has 0 aromatic rings. The third-order valence-corrected chi connectivity index (χ3v) is 5.88. The van der Waals surface area contributed by atoms with Crippen LogP contribution in [0.4, 0.5) is 4.79 Å². The highest BCUT2D eigenvalue weighted by Gasteiger charge is 2.42. The summed E-state index contributed by atoms with van der Waals surface area (Å²) in [4.78, 5) is 46.9. The third-order valence-electron chi connectivity index (χ3n) is 4.37. The number of amides is 5. The van der Waals surface area contributed by atoms with Crippen molar-refractivity contribution in [3.05, 3.63) is 0 Å². The van der Waals surface area contributed by atoms with Crippen molar-refractivity contribution in [2.24, 2.45) is 0 Å². The highest BCUT2D eigenvalue weighted by molar-refractivity contribution is 8.00. The Kier molecular flexibility index (Phi) is 4.37. The number of hydrogen-bond donors (Lipinski definition) is 2. The zero-order chi connectivity index (χ0) is 15.7. The monoisotopic (exact) mass is 325 g/mol. The molecule has 3 aliphatic heterocycles. The lowest BCUT2D eigenvalue weighted by atomic mass is 10.0. The molecule has 120 valence electrons. The average Bonchev–Trinajstić information content (AvgIpc) is 3.10. The van der Waals surface area contributed by atoms with Crippen LogP contribution in [-0.2, 0) is 14.4 Å². The first-order valence-corrected chi connectivity index (χ1v) is 8.68. The van der Waals surface area contributed by atoms with Crippen LogP contribution in [0.3, 0.4) is 0 Å². The summed E-state index contributed by atoms with van der Waals surface area (Å²) in [7, 11) is 0. The summed E-state index contributed by atoms with van der Waals surface area (Å²) in [6, 6.07) is 0.292. The molecular formula is C14H19N3O4S. The predicted molar refractivity (Wildman–Crippen MR) is 80.1 cm³/mol. The summed E-state index contributed by atoms with van der Waals surface area (Å²) in [5.74, 6) is -0.197. The Morgan fingerprint density at radius 3 is 2.59 bits per heavy atom. The van der Waals surface area contributed by atoms with E-state index in [2.05, 4.69) is 10.6 Å². The number of imide groups is 3. The number of urea groups is 1. The molecule has 0 bridgehead atoms. The van der Waals surface area contributed by atoms with Gasteiger partial charge in [0.15, 0.2) is 0 Å². The zero-order valence-corrected chi connectivity index (χ0v) is 13.0. The number of rotatable bonds is 5. The molecule has 3 atom stereocenters. The second-order valence-electron chi connectivity index (χ2n) is 5.88. The molecule has 0 spiro atoms. The van der Waals surface area contributed by atoms with Gasteiger partial charge in [0, 0.05) is 30.3 Å². The zero-order valence-electron chi connectivity index (χ0n) is 12.2. The number of fused-ring (bicyclic) bond motifs is 1. The molecule has 3 aliphatic rings. The smallest absolute Gasteiger partial charge is 0.315 e. The Balaban J connectivity index is 1.39. The quantitative estimate of drug-likeness (QED) is 0.433. The van der Waals surface area contributed by atoms with Gasteiger partial charge in [0.1, 0.15) is 0 Å². The second kappa shape index (κ2) is 6.28. The van der Waals surface area contributed by atoms with Crippen molar-refractivity contribution in [2.75, 3.05) is 5.75 Å². The number of nitrogens with zero attached hydrogens (tertiary/aromatic N) is 1. The minimum Gasteiger partial charge on any atom is -0.332 e. The van der Waals surface area contributed by atoms with E-state index in [1.165, 1.54) is 0 Å². The molecule has 5 amide bonds. The van der Waals surface area contributed by atoms with Crippen LogP contribution in [0.1, 0.15) is 38.5 Å². The summed E-state index contributed by atoms with van der Waals surface area (Å²) >= 11 is 1.84. The molecule has 0 unspecified atom stereocenters. The summed E-state index contributed by atoms with van der Waals surface area (Å²) in [6.45, 7) is 0. The molecule has 8 heteroatoms. The Morgan fingerprint density at radius 2 is 1.86 bits per heavy atom. The Bertz CT molecular complexity index is 508. The first kappa shape index (κ1) is 15.3. The van der Waals surface area contributed by atoms with Crippen molar-refractivity contribution in [1.82, 2.24) is 15.5 Å². The number of likely N-dealkylation sites (tertiary alicyclic amines) is 1. The molecule has 2 N–H and O–H groups in total. The van der Waals surface area contributed by atoms with E-state index in [0.29, 0.717) is 11.7 Å². The molecule has 7 nitrogen and oxygen atoms in total. The van der Waals surface area contributed by atoms with Crippen LogP contribution in [-0.4, -0.2) is 51.7 Å². The average molecular weight is 325 g/mol. The van der Waals surface area contributed by atoms with Gasteiger partial charge in [-0.05, 0) is 12.8 Å². The highest BCUT2D eigenvalue weighted by atomic mass is 32.2. The van der Waals surface area contributed by atoms with Crippen molar-refractivity contribution >= 4 is 35.5 Å². The summed E-state index contributed by atoms with van der Waals surface area (Å²) < 4.78 is 0. The third kappa shape index (κ3) is 2.97. The van der Waals surface area contributed by atoms with Crippen LogP contribution in [0.25, 0.3) is 0 Å². The lowest BCUT2D eigenvalue weighted by Gasteiger charge is -2.16. The minimum atomic E-state index is -0.375. The Labute approximate surface area is 132 Å². The molecule has 0 aromatic heterocycles. The Hall–Kier alpha value is -1.57. The van der Waals surface area contributed by atoms with Gasteiger partial charge in [-0.1, -0.05) is 6.42 Å². The largest absolute Gasteiger partial charge is 0.332 e. The van der Waals surface area contributed by atoms with E-state index in [4.69, 9.17) is 0 Å². The maximum absolute atomic E-state index is 11.9. The highest BCUT2D eigenvalue weighted by Crippen LogP contribution is 2.33. The van der Waals surface area contributed by atoms with E-state index in [9.17, 15) is 19.2 Å². The predicted octanol–water partition coefficient (Wildman–Crippen LogP) is 0.388. The van der Waals surface area contributed by atoms with Gasteiger partial charge in [0.2, 0.25) is 17.7 Å². The van der Waals surface area contributed by atoms with Crippen LogP contribution < -0.4 is 10.6 Å². The lowest BCUT2D eigenvalue weighted by Crippen LogP contribution is -2.37. The number of thioether (sulfide) groups is 1. The van der Waals surface area contributed by atoms with Gasteiger partial charge >= 0.3 is 6.03 Å². The SMILES string of the molecule is O=C1N[C@@H]2[C@@H](CS[C@@H]2CCCCC(=O)N2C(=O)CCC2=O)N1. The van der Waals surface area contributed by atoms with Crippen LogP contribution >= 0.6 is 11.8 Å². The fraction of sp³-hybridized carbons (Fsp3) is 0.714. The molecule has 0 radical (unpaired) electrons. The number of nitrogens with one attached hydrogen (secondary N) is 2. The summed E-state index contributed by atoms with van der Waals surface area (Å²) in [5, 5.41) is 6.20. The molecular weight excluding hydrogens is 306 g/mol. The molecule has 0 aliphatic carbocycles. The van der Waals surface area contributed by atoms with Crippen molar-refractivity contribution in [3.63, 3.8) is 0 Å². The first-order valence-electron chi connectivity index (χ1n) is 7.63. The van der Waals surface area contributed by atoms with Gasteiger partial charge in [-0.15, -0.1) is 0 Å². The van der Waals surface area contributed by atoms with Crippen LogP contribution in [0, 0.1) is 0 Å². The topological polar surface area (TPSA) is 95.6 Å². The van der Waals surface area contributed by atoms with Gasteiger partial charge in [-0.3, -0.25) is 14.4 Å². The van der Waals surface area contributed by atoms with E-state index < -0.39 is 0 Å². The normalized spacial score (nSPS) is 30.5. The fourth-order valence-corrected chi connectivity index (χ4v) is 4.77. The van der Waals surface area contributed by atoms with Gasteiger partial charge in [-0.2, -0.15) is 11.8 Å². The first-order chi connectivity index (χ1) is 10.6. The van der Waals surface area contributed by atoms with Crippen molar-refractivity contribution < 1.29 is 19.2 Å². The number of carbonyl (C=O) groups is 4. The lowest BCUT2D eigenvalue weighted by molar-refractivity contribution is -0.149. The molecule has 3 rings (SSSR count). The van der Waals surface area contributed by atoms with Crippen LogP contribution in [0.5, 0.6) is 0 Å². The standard InChI is InChI=1S/C14H19N3O4S/c18-10(17-11(19)5-6-12(17)20)4-2-1-3-9-13-8(7-22-9)15-14(21)16-13/h8-9,13H,1-7H2,(H2,15,16,21)/t8-,9-,13-/m1/s1. The second-order valence-corrected chi connectivity index (χ2v) is 7.16. The van der Waals surface area contributed by atoms with Crippen LogP contribution in [0.2, 0.25) is 0 Å². The summed E-state index contributed by atoms with van der Waals surface area (Å²) in [6.07, 6.45) is 2.96.